The van der Waals surface area contributed by atoms with Crippen molar-refractivity contribution in [3.8, 4) is 0 Å². The molecule has 2 aliphatic carbocycles. The third-order valence-corrected chi connectivity index (χ3v) is 6.41. The lowest BCUT2D eigenvalue weighted by molar-refractivity contribution is -0.0511. The molecule has 146 valence electrons. The van der Waals surface area contributed by atoms with Gasteiger partial charge >= 0.3 is 0 Å². The lowest BCUT2D eigenvalue weighted by Gasteiger charge is -2.23. The van der Waals surface area contributed by atoms with Crippen LogP contribution in [0, 0.1) is 11.8 Å². The summed E-state index contributed by atoms with van der Waals surface area (Å²) in [5.74, 6) is 2.02. The van der Waals surface area contributed by atoms with Gasteiger partial charge in [-0.2, -0.15) is 9.97 Å². The van der Waals surface area contributed by atoms with Crippen LogP contribution in [0.5, 0.6) is 0 Å². The van der Waals surface area contributed by atoms with Gasteiger partial charge in [-0.15, -0.1) is 0 Å². The van der Waals surface area contributed by atoms with E-state index in [-0.39, 0.29) is 5.28 Å². The van der Waals surface area contributed by atoms with Crippen molar-refractivity contribution < 1.29 is 20.1 Å². The first-order valence-electron chi connectivity index (χ1n) is 9.34. The highest BCUT2D eigenvalue weighted by Crippen LogP contribution is 2.45. The molecule has 5 rings (SSSR count). The smallest absolute Gasteiger partial charge is 0.226 e. The zero-order valence-corrected chi connectivity index (χ0v) is 15.3. The summed E-state index contributed by atoms with van der Waals surface area (Å²) in [5.41, 5.74) is 0.954. The molecule has 0 aromatic carbocycles. The van der Waals surface area contributed by atoms with Crippen molar-refractivity contribution in [3.63, 3.8) is 0 Å². The van der Waals surface area contributed by atoms with E-state index in [9.17, 15) is 15.3 Å². The van der Waals surface area contributed by atoms with Gasteiger partial charge in [0.2, 0.25) is 5.28 Å². The van der Waals surface area contributed by atoms with Crippen LogP contribution >= 0.6 is 11.6 Å². The molecule has 1 saturated heterocycles. The minimum Gasteiger partial charge on any atom is -0.394 e. The molecule has 0 unspecified atom stereocenters. The molecule has 0 radical (unpaired) electrons. The Balaban J connectivity index is 1.48. The molecular formula is C17H22ClN5O4. The molecule has 4 N–H and O–H groups in total. The number of halogens is 1. The second kappa shape index (κ2) is 6.52. The summed E-state index contributed by atoms with van der Waals surface area (Å²) >= 11 is 6.15. The number of aliphatic hydroxyl groups is 3. The lowest BCUT2D eigenvalue weighted by Crippen LogP contribution is -2.33. The average molecular weight is 396 g/mol. The maximum atomic E-state index is 10.3. The summed E-state index contributed by atoms with van der Waals surface area (Å²) in [6, 6.07) is 0.358. The molecule has 1 aliphatic heterocycles. The highest BCUT2D eigenvalue weighted by atomic mass is 35.5. The molecule has 0 spiro atoms. The predicted octanol–water partition coefficient (Wildman–Crippen LogP) is 0.692. The third kappa shape index (κ3) is 2.80. The van der Waals surface area contributed by atoms with E-state index in [1.807, 2.05) is 0 Å². The lowest BCUT2D eigenvalue weighted by atomic mass is 9.95. The highest BCUT2D eigenvalue weighted by Gasteiger charge is 2.44. The molecule has 7 atom stereocenters. The molecule has 10 heteroatoms. The summed E-state index contributed by atoms with van der Waals surface area (Å²) in [6.07, 6.45) is 2.23. The predicted molar refractivity (Wildman–Crippen MR) is 96.2 cm³/mol. The van der Waals surface area contributed by atoms with Gasteiger partial charge in [-0.1, -0.05) is 6.42 Å². The normalized spacial score (nSPS) is 38.1. The number of nitrogens with one attached hydrogen (secondary N) is 1. The van der Waals surface area contributed by atoms with Crippen LogP contribution in [-0.2, 0) is 4.74 Å². The maximum Gasteiger partial charge on any atom is 0.226 e. The Morgan fingerprint density at radius 2 is 2.07 bits per heavy atom. The van der Waals surface area contributed by atoms with Crippen LogP contribution in [0.1, 0.15) is 31.9 Å². The fraction of sp³-hybridized carbons (Fsp3) is 0.706. The molecule has 3 aliphatic rings. The second-order valence-electron chi connectivity index (χ2n) is 7.82. The number of aliphatic hydroxyl groups excluding tert-OH is 3. The second-order valence-corrected chi connectivity index (χ2v) is 8.16. The molecule has 3 fully saturated rings. The van der Waals surface area contributed by atoms with E-state index < -0.39 is 31.1 Å². The SMILES string of the molecule is OC[C@H]1O[C@@H](n2cnc3c(N[C@H]4C[C@H]5CC[C@@H]4C5)nc(Cl)nc32)[C@H](O)[C@@H]1O. The van der Waals surface area contributed by atoms with E-state index in [1.165, 1.54) is 30.2 Å². The summed E-state index contributed by atoms with van der Waals surface area (Å²) in [5, 5.41) is 33.2. The standard InChI is InChI=1S/C17H22ClN5O4/c18-17-21-14(20-9-4-7-1-2-8(9)3-7)11-15(22-17)23(6-19-11)16-13(26)12(25)10(5-24)27-16/h6-10,12-13,16,24-26H,1-5H2,(H,20,21,22)/t7-,8+,9-,10+,12+,13+,16+/m0/s1. The van der Waals surface area contributed by atoms with E-state index in [4.69, 9.17) is 16.3 Å². The van der Waals surface area contributed by atoms with E-state index >= 15 is 0 Å². The third-order valence-electron chi connectivity index (χ3n) is 6.25. The molecule has 0 amide bonds. The number of anilines is 1. The minimum absolute atomic E-state index is 0.0710. The van der Waals surface area contributed by atoms with Gasteiger partial charge in [0.15, 0.2) is 23.2 Å². The van der Waals surface area contributed by atoms with E-state index in [0.717, 1.165) is 12.3 Å². The number of nitrogens with zero attached hydrogens (tertiary/aromatic N) is 4. The summed E-state index contributed by atoms with van der Waals surface area (Å²) < 4.78 is 7.12. The number of aromatic nitrogens is 4. The Kier molecular flexibility index (Phi) is 4.25. The van der Waals surface area contributed by atoms with Gasteiger partial charge in [-0.3, -0.25) is 4.57 Å². The summed E-state index contributed by atoms with van der Waals surface area (Å²) in [4.78, 5) is 13.0. The van der Waals surface area contributed by atoms with Crippen LogP contribution in [0.4, 0.5) is 5.82 Å². The van der Waals surface area contributed by atoms with Crippen LogP contribution in [0.2, 0.25) is 5.28 Å². The van der Waals surface area contributed by atoms with E-state index in [0.29, 0.717) is 28.9 Å². The fourth-order valence-electron chi connectivity index (χ4n) is 4.88. The molecule has 2 bridgehead atoms. The van der Waals surface area contributed by atoms with Gasteiger partial charge in [0.1, 0.15) is 18.3 Å². The van der Waals surface area contributed by atoms with Crippen molar-refractivity contribution in [2.24, 2.45) is 11.8 Å². The van der Waals surface area contributed by atoms with Gasteiger partial charge in [0, 0.05) is 6.04 Å². The average Bonchev–Trinajstić information content (AvgIpc) is 3.41. The van der Waals surface area contributed by atoms with Crippen molar-refractivity contribution >= 4 is 28.6 Å². The van der Waals surface area contributed by atoms with Crippen molar-refractivity contribution in [1.29, 1.82) is 0 Å². The van der Waals surface area contributed by atoms with E-state index in [1.54, 1.807) is 0 Å². The fourth-order valence-corrected chi connectivity index (χ4v) is 5.05. The Hall–Kier alpha value is -1.52. The first-order valence-corrected chi connectivity index (χ1v) is 9.72. The topological polar surface area (TPSA) is 126 Å². The van der Waals surface area contributed by atoms with Crippen molar-refractivity contribution in [2.75, 3.05) is 11.9 Å². The van der Waals surface area contributed by atoms with Gasteiger partial charge < -0.3 is 25.4 Å². The largest absolute Gasteiger partial charge is 0.394 e. The number of hydrogen-bond acceptors (Lipinski definition) is 8. The number of rotatable bonds is 4. The maximum absolute atomic E-state index is 10.3. The van der Waals surface area contributed by atoms with Crippen LogP contribution in [0.25, 0.3) is 11.2 Å². The zero-order valence-electron chi connectivity index (χ0n) is 14.6. The summed E-state index contributed by atoms with van der Waals surface area (Å²) in [6.45, 7) is -0.395. The molecule has 9 nitrogen and oxygen atoms in total. The Morgan fingerprint density at radius 1 is 1.22 bits per heavy atom. The Bertz CT molecular complexity index is 863. The summed E-state index contributed by atoms with van der Waals surface area (Å²) in [7, 11) is 0. The van der Waals surface area contributed by atoms with Crippen LogP contribution < -0.4 is 5.32 Å². The van der Waals surface area contributed by atoms with Crippen molar-refractivity contribution in [2.45, 2.75) is 56.3 Å². The monoisotopic (exact) mass is 395 g/mol. The Morgan fingerprint density at radius 3 is 2.74 bits per heavy atom. The molecule has 2 saturated carbocycles. The molecule has 3 heterocycles. The highest BCUT2D eigenvalue weighted by molar-refractivity contribution is 6.28. The number of fused-ring (bicyclic) bond motifs is 3. The van der Waals surface area contributed by atoms with Crippen LogP contribution in [0.15, 0.2) is 6.33 Å². The van der Waals surface area contributed by atoms with Crippen molar-refractivity contribution in [1.82, 2.24) is 19.5 Å². The number of hydrogen-bond donors (Lipinski definition) is 4. The number of imidazole rings is 1. The Labute approximate surface area is 160 Å². The first-order chi connectivity index (χ1) is 13.0. The minimum atomic E-state index is -1.21. The molecule has 2 aromatic rings. The van der Waals surface area contributed by atoms with Crippen molar-refractivity contribution in [3.05, 3.63) is 11.6 Å². The van der Waals surface area contributed by atoms with Gasteiger partial charge in [-0.05, 0) is 42.7 Å². The quantitative estimate of drug-likeness (QED) is 0.557. The van der Waals surface area contributed by atoms with Gasteiger partial charge in [0.25, 0.3) is 0 Å². The van der Waals surface area contributed by atoms with Gasteiger partial charge in [-0.25, -0.2) is 4.98 Å². The van der Waals surface area contributed by atoms with E-state index in [2.05, 4.69) is 20.3 Å². The first kappa shape index (κ1) is 17.6. The van der Waals surface area contributed by atoms with Gasteiger partial charge in [0.05, 0.1) is 12.9 Å². The molecule has 27 heavy (non-hydrogen) atoms. The zero-order chi connectivity index (χ0) is 18.7. The molecule has 2 aromatic heterocycles. The van der Waals surface area contributed by atoms with Crippen LogP contribution in [0.3, 0.4) is 0 Å². The number of ether oxygens (including phenoxy) is 1. The van der Waals surface area contributed by atoms with Crippen LogP contribution in [-0.4, -0.2) is 65.8 Å². The molecular weight excluding hydrogens is 374 g/mol.